The summed E-state index contributed by atoms with van der Waals surface area (Å²) in [6.07, 6.45) is 3.49. The van der Waals surface area contributed by atoms with Crippen LogP contribution in [0.1, 0.15) is 54.4 Å². The van der Waals surface area contributed by atoms with Gasteiger partial charge in [-0.25, -0.2) is 0 Å². The highest BCUT2D eigenvalue weighted by Gasteiger charge is 2.49. The van der Waals surface area contributed by atoms with Gasteiger partial charge in [0, 0.05) is 11.1 Å². The van der Waals surface area contributed by atoms with E-state index >= 15 is 0 Å². The molecule has 0 radical (unpaired) electrons. The predicted octanol–water partition coefficient (Wildman–Crippen LogP) is 3.38. The van der Waals surface area contributed by atoms with Gasteiger partial charge in [-0.05, 0) is 52.0 Å². The van der Waals surface area contributed by atoms with E-state index in [1.165, 1.54) is 6.08 Å². The Morgan fingerprint density at radius 1 is 1.06 bits per heavy atom. The van der Waals surface area contributed by atoms with Crippen molar-refractivity contribution in [1.82, 2.24) is 4.90 Å². The summed E-state index contributed by atoms with van der Waals surface area (Å²) in [6, 6.07) is 0. The zero-order valence-electron chi connectivity index (χ0n) is 11.6. The molecule has 0 aromatic heterocycles. The standard InChI is InChI=1S/C14H25NO/c1-8-11(16)15-13(4,5)9-12(2,3)10-14(15,6)7/h8H,1,9-10H2,2-7H3. The van der Waals surface area contributed by atoms with E-state index < -0.39 is 0 Å². The topological polar surface area (TPSA) is 20.3 Å². The predicted molar refractivity (Wildman–Crippen MR) is 68.2 cm³/mol. The second-order valence-corrected chi connectivity index (χ2v) is 7.02. The van der Waals surface area contributed by atoms with Gasteiger partial charge in [0.1, 0.15) is 0 Å². The molecule has 16 heavy (non-hydrogen) atoms. The van der Waals surface area contributed by atoms with E-state index in [4.69, 9.17) is 0 Å². The quantitative estimate of drug-likeness (QED) is 0.624. The normalized spacial score (nSPS) is 26.2. The molecule has 0 aliphatic carbocycles. The van der Waals surface area contributed by atoms with Crippen LogP contribution in [0.3, 0.4) is 0 Å². The third kappa shape index (κ3) is 2.31. The molecule has 2 nitrogen and oxygen atoms in total. The van der Waals surface area contributed by atoms with Crippen LogP contribution >= 0.6 is 0 Å². The fraction of sp³-hybridized carbons (Fsp3) is 0.786. The Kier molecular flexibility index (Phi) is 3.00. The maximum atomic E-state index is 12.0. The second kappa shape index (κ2) is 3.61. The summed E-state index contributed by atoms with van der Waals surface area (Å²) < 4.78 is 0. The summed E-state index contributed by atoms with van der Waals surface area (Å²) in [6.45, 7) is 16.8. The molecular formula is C14H25NO. The molecule has 0 spiro atoms. The molecule has 1 aliphatic rings. The number of hydrogen-bond acceptors (Lipinski definition) is 1. The van der Waals surface area contributed by atoms with Crippen molar-refractivity contribution < 1.29 is 4.79 Å². The minimum Gasteiger partial charge on any atom is -0.329 e. The van der Waals surface area contributed by atoms with Gasteiger partial charge in [-0.15, -0.1) is 0 Å². The SMILES string of the molecule is C=CC(=O)N1C(C)(C)CC(C)(C)CC1(C)C. The third-order valence-electron chi connectivity index (χ3n) is 3.43. The number of likely N-dealkylation sites (tertiary alicyclic amines) is 1. The summed E-state index contributed by atoms with van der Waals surface area (Å²) >= 11 is 0. The molecule has 0 aromatic carbocycles. The van der Waals surface area contributed by atoms with Gasteiger partial charge in [-0.1, -0.05) is 20.4 Å². The number of amides is 1. The van der Waals surface area contributed by atoms with Crippen LogP contribution in [-0.4, -0.2) is 21.9 Å². The molecule has 92 valence electrons. The fourth-order valence-electron chi connectivity index (χ4n) is 4.07. The van der Waals surface area contributed by atoms with Gasteiger partial charge >= 0.3 is 0 Å². The molecule has 1 fully saturated rings. The van der Waals surface area contributed by atoms with E-state index in [-0.39, 0.29) is 22.4 Å². The van der Waals surface area contributed by atoms with E-state index in [9.17, 15) is 4.79 Å². The lowest BCUT2D eigenvalue weighted by atomic mass is 9.66. The van der Waals surface area contributed by atoms with Gasteiger partial charge in [-0.3, -0.25) is 4.79 Å². The average molecular weight is 223 g/mol. The lowest BCUT2D eigenvalue weighted by Gasteiger charge is -2.57. The van der Waals surface area contributed by atoms with Crippen LogP contribution in [0, 0.1) is 5.41 Å². The van der Waals surface area contributed by atoms with Crippen molar-refractivity contribution in [3.05, 3.63) is 12.7 Å². The molecule has 0 bridgehead atoms. The molecule has 2 heteroatoms. The minimum atomic E-state index is -0.101. The summed E-state index contributed by atoms with van der Waals surface area (Å²) in [7, 11) is 0. The van der Waals surface area contributed by atoms with Gasteiger partial charge in [0.2, 0.25) is 5.91 Å². The van der Waals surface area contributed by atoms with Crippen LogP contribution in [0.2, 0.25) is 0 Å². The van der Waals surface area contributed by atoms with Crippen molar-refractivity contribution in [2.24, 2.45) is 5.41 Å². The molecule has 1 amide bonds. The van der Waals surface area contributed by atoms with Crippen molar-refractivity contribution in [3.8, 4) is 0 Å². The third-order valence-corrected chi connectivity index (χ3v) is 3.43. The maximum absolute atomic E-state index is 12.0. The first kappa shape index (κ1) is 13.3. The van der Waals surface area contributed by atoms with Crippen molar-refractivity contribution in [2.75, 3.05) is 0 Å². The highest BCUT2D eigenvalue weighted by Crippen LogP contribution is 2.47. The van der Waals surface area contributed by atoms with E-state index in [0.29, 0.717) is 0 Å². The van der Waals surface area contributed by atoms with E-state index in [1.54, 1.807) is 0 Å². The Bertz CT molecular complexity index is 293. The van der Waals surface area contributed by atoms with Crippen LogP contribution in [0.5, 0.6) is 0 Å². The van der Waals surface area contributed by atoms with Crippen LogP contribution in [-0.2, 0) is 4.79 Å². The summed E-state index contributed by atoms with van der Waals surface area (Å²) in [5.74, 6) is 0.0468. The van der Waals surface area contributed by atoms with Gasteiger partial charge in [0.25, 0.3) is 0 Å². The van der Waals surface area contributed by atoms with Crippen molar-refractivity contribution in [3.63, 3.8) is 0 Å². The monoisotopic (exact) mass is 223 g/mol. The second-order valence-electron chi connectivity index (χ2n) is 7.02. The molecule has 1 rings (SSSR count). The van der Waals surface area contributed by atoms with E-state index in [2.05, 4.69) is 48.1 Å². The Morgan fingerprint density at radius 2 is 1.44 bits per heavy atom. The number of rotatable bonds is 1. The first-order valence-corrected chi connectivity index (χ1v) is 5.99. The molecule has 0 aromatic rings. The zero-order chi connectivity index (χ0) is 12.8. The van der Waals surface area contributed by atoms with Crippen LogP contribution in [0.15, 0.2) is 12.7 Å². The Labute approximate surface area is 99.7 Å². The molecule has 1 heterocycles. The molecule has 0 unspecified atom stereocenters. The first-order valence-electron chi connectivity index (χ1n) is 5.99. The Balaban J connectivity index is 3.16. The number of nitrogens with zero attached hydrogens (tertiary/aromatic N) is 1. The number of carbonyl (C=O) groups excluding carboxylic acids is 1. The van der Waals surface area contributed by atoms with Crippen LogP contribution in [0.25, 0.3) is 0 Å². The highest BCUT2D eigenvalue weighted by atomic mass is 16.2. The summed E-state index contributed by atoms with van der Waals surface area (Å²) in [5, 5.41) is 0. The van der Waals surface area contributed by atoms with E-state index in [0.717, 1.165) is 12.8 Å². The van der Waals surface area contributed by atoms with Crippen molar-refractivity contribution >= 4 is 5.91 Å². The molecule has 0 atom stereocenters. The molecule has 1 aliphatic heterocycles. The Hall–Kier alpha value is -0.790. The van der Waals surface area contributed by atoms with Crippen molar-refractivity contribution in [1.29, 1.82) is 0 Å². The number of piperidine rings is 1. The van der Waals surface area contributed by atoms with Gasteiger partial charge < -0.3 is 4.90 Å². The molecule has 0 N–H and O–H groups in total. The fourth-order valence-corrected chi connectivity index (χ4v) is 4.07. The lowest BCUT2D eigenvalue weighted by molar-refractivity contribution is -0.149. The van der Waals surface area contributed by atoms with Gasteiger partial charge in [0.05, 0.1) is 0 Å². The first-order chi connectivity index (χ1) is 7.02. The summed E-state index contributed by atoms with van der Waals surface area (Å²) in [5.41, 5.74) is 0.0813. The molecular weight excluding hydrogens is 198 g/mol. The molecule has 0 saturated carbocycles. The zero-order valence-corrected chi connectivity index (χ0v) is 11.6. The average Bonchev–Trinajstić information content (AvgIpc) is 1.95. The largest absolute Gasteiger partial charge is 0.329 e. The maximum Gasteiger partial charge on any atom is 0.246 e. The van der Waals surface area contributed by atoms with Crippen molar-refractivity contribution in [2.45, 2.75) is 65.5 Å². The van der Waals surface area contributed by atoms with E-state index in [1.807, 2.05) is 4.90 Å². The van der Waals surface area contributed by atoms with Gasteiger partial charge in [0.15, 0.2) is 0 Å². The number of carbonyl (C=O) groups is 1. The van der Waals surface area contributed by atoms with Crippen LogP contribution in [0.4, 0.5) is 0 Å². The number of hydrogen-bond donors (Lipinski definition) is 0. The highest BCUT2D eigenvalue weighted by molar-refractivity contribution is 5.88. The lowest BCUT2D eigenvalue weighted by Crippen LogP contribution is -2.64. The minimum absolute atomic E-state index is 0.0468. The molecule has 1 saturated heterocycles. The summed E-state index contributed by atoms with van der Waals surface area (Å²) in [4.78, 5) is 14.0. The van der Waals surface area contributed by atoms with Gasteiger partial charge in [-0.2, -0.15) is 0 Å². The smallest absolute Gasteiger partial charge is 0.246 e. The van der Waals surface area contributed by atoms with Crippen LogP contribution < -0.4 is 0 Å². The Morgan fingerprint density at radius 3 is 1.75 bits per heavy atom.